The quantitative estimate of drug-likeness (QED) is 0.166. The molecule has 0 bridgehead atoms. The van der Waals surface area contributed by atoms with Gasteiger partial charge in [-0.2, -0.15) is 0 Å². The monoisotopic (exact) mass is 677 g/mol. The van der Waals surface area contributed by atoms with Crippen molar-refractivity contribution in [2.45, 2.75) is 32.3 Å². The Morgan fingerprint density at radius 1 is 0.538 bits per heavy atom. The number of aryl methyl sites for hydroxylation is 1. The zero-order valence-electron chi connectivity index (χ0n) is 39.0. The molecule has 0 aliphatic heterocycles. The SMILES string of the molecule is [2H]C([2H])([2H])C([2H])([2H])c1nc2ccccc2n1-c1ccc(-c2ccc(-c3c4ccccc4c(-c4ccc5c(c4)C(C([2H])([2H])[2H])(C([2H])([2H])[2H])c4ccccc4-5)c4ccccc34)cc2)cc1. The molecule has 10 rings (SSSR count). The summed E-state index contributed by atoms with van der Waals surface area (Å²) in [6.45, 7) is -8.69. The van der Waals surface area contributed by atoms with E-state index in [0.29, 0.717) is 27.8 Å². The van der Waals surface area contributed by atoms with Crippen LogP contribution < -0.4 is 0 Å². The van der Waals surface area contributed by atoms with Gasteiger partial charge in [-0.3, -0.25) is 4.57 Å². The largest absolute Gasteiger partial charge is 0.296 e. The Labute approximate surface area is 320 Å². The minimum absolute atomic E-state index is 0.188. The molecule has 8 aromatic carbocycles. The lowest BCUT2D eigenvalue weighted by molar-refractivity contribution is 0.660. The molecular weight excluding hydrogens is 629 g/mol. The standard InChI is InChI=1S/C50H38N2/c1-4-47-51-45-19-11-12-20-46(45)52(47)36-28-25-33(26-29-36)32-21-23-34(24-22-32)48-39-14-5-7-16-41(39)49(42-17-8-6-15-40(42)48)35-27-30-38-37-13-9-10-18-43(37)50(2,3)44(38)31-35/h5-31H,4H2,1-3H3/i1D3,2D3,3D3,4D2. The molecular formula is C50H38N2. The van der Waals surface area contributed by atoms with Crippen LogP contribution in [0.15, 0.2) is 164 Å². The van der Waals surface area contributed by atoms with E-state index in [1.807, 2.05) is 72.8 Å². The summed E-state index contributed by atoms with van der Waals surface area (Å²) in [6.07, 6.45) is -2.70. The van der Waals surface area contributed by atoms with Crippen LogP contribution in [0.4, 0.5) is 0 Å². The van der Waals surface area contributed by atoms with Gasteiger partial charge in [-0.15, -0.1) is 0 Å². The maximum Gasteiger partial charge on any atom is 0.114 e. The molecule has 0 atom stereocenters. The van der Waals surface area contributed by atoms with Crippen molar-refractivity contribution in [2.75, 3.05) is 0 Å². The topological polar surface area (TPSA) is 17.8 Å². The molecule has 0 saturated heterocycles. The average molecular weight is 678 g/mol. The maximum absolute atomic E-state index is 8.78. The normalized spacial score (nSPS) is 17.3. The summed E-state index contributed by atoms with van der Waals surface area (Å²) in [5, 5.41) is 3.82. The first-order valence-corrected chi connectivity index (χ1v) is 17.3. The third-order valence-corrected chi connectivity index (χ3v) is 10.6. The molecule has 9 aromatic rings. The molecule has 0 spiro atoms. The molecule has 1 aliphatic carbocycles. The molecule has 0 saturated carbocycles. The maximum atomic E-state index is 8.78. The minimum Gasteiger partial charge on any atom is -0.296 e. The molecule has 0 radical (unpaired) electrons. The predicted octanol–water partition coefficient (Wildman–Crippen LogP) is 13.2. The highest BCUT2D eigenvalue weighted by atomic mass is 15.1. The molecule has 1 aromatic heterocycles. The first-order chi connectivity index (χ1) is 29.9. The number of imidazole rings is 1. The number of rotatable bonds is 5. The van der Waals surface area contributed by atoms with Gasteiger partial charge in [0.2, 0.25) is 0 Å². The summed E-state index contributed by atoms with van der Waals surface area (Å²) in [4.78, 5) is 4.44. The van der Waals surface area contributed by atoms with Crippen molar-refractivity contribution in [3.8, 4) is 50.2 Å². The van der Waals surface area contributed by atoms with Crippen LogP contribution in [0.5, 0.6) is 0 Å². The van der Waals surface area contributed by atoms with E-state index >= 15 is 0 Å². The van der Waals surface area contributed by atoms with E-state index in [4.69, 9.17) is 15.1 Å². The molecule has 0 N–H and O–H groups in total. The Balaban J connectivity index is 1.08. The van der Waals surface area contributed by atoms with Crippen LogP contribution in [0.3, 0.4) is 0 Å². The molecule has 248 valence electrons. The smallest absolute Gasteiger partial charge is 0.114 e. The van der Waals surface area contributed by atoms with Crippen LogP contribution in [-0.2, 0) is 11.8 Å². The lowest BCUT2D eigenvalue weighted by Crippen LogP contribution is -2.14. The molecule has 2 nitrogen and oxygen atoms in total. The van der Waals surface area contributed by atoms with Crippen molar-refractivity contribution in [3.05, 3.63) is 181 Å². The summed E-state index contributed by atoms with van der Waals surface area (Å²) >= 11 is 0. The highest BCUT2D eigenvalue weighted by molar-refractivity contribution is 6.21. The van der Waals surface area contributed by atoms with E-state index in [1.165, 1.54) is 0 Å². The highest BCUT2D eigenvalue weighted by Crippen LogP contribution is 2.51. The second-order valence-electron chi connectivity index (χ2n) is 13.4. The first-order valence-electron chi connectivity index (χ1n) is 22.8. The fourth-order valence-electron chi connectivity index (χ4n) is 8.19. The molecule has 52 heavy (non-hydrogen) atoms. The number of aromatic nitrogens is 2. The molecule has 2 heteroatoms. The highest BCUT2D eigenvalue weighted by Gasteiger charge is 2.35. The van der Waals surface area contributed by atoms with Crippen LogP contribution >= 0.6 is 0 Å². The molecule has 1 heterocycles. The van der Waals surface area contributed by atoms with Crippen LogP contribution in [0.2, 0.25) is 0 Å². The van der Waals surface area contributed by atoms with Gasteiger partial charge in [0.25, 0.3) is 0 Å². The fourth-order valence-corrected chi connectivity index (χ4v) is 8.19. The summed E-state index contributed by atoms with van der Waals surface area (Å²) in [6, 6.07) is 51.7. The van der Waals surface area contributed by atoms with Gasteiger partial charge < -0.3 is 0 Å². The summed E-state index contributed by atoms with van der Waals surface area (Å²) in [5.41, 5.74) is 6.70. The van der Waals surface area contributed by atoms with Crippen LogP contribution in [0, 0.1) is 0 Å². The van der Waals surface area contributed by atoms with E-state index in [0.717, 1.165) is 54.9 Å². The second-order valence-corrected chi connectivity index (χ2v) is 13.4. The second kappa shape index (κ2) is 11.6. The number of para-hydroxylation sites is 2. The number of hydrogen-bond acceptors (Lipinski definition) is 1. The molecule has 0 fully saturated rings. The Kier molecular flexibility index (Phi) is 4.75. The lowest BCUT2D eigenvalue weighted by Gasteiger charge is -2.23. The van der Waals surface area contributed by atoms with Gasteiger partial charge in [0.1, 0.15) is 5.82 Å². The van der Waals surface area contributed by atoms with Crippen molar-refractivity contribution < 1.29 is 15.1 Å². The minimum atomic E-state index is -2.94. The van der Waals surface area contributed by atoms with Crippen LogP contribution in [0.25, 0.3) is 82.8 Å². The van der Waals surface area contributed by atoms with E-state index in [2.05, 4.69) is 53.5 Å². The first kappa shape index (κ1) is 21.2. The van der Waals surface area contributed by atoms with E-state index in [1.54, 1.807) is 47.0 Å². The Bertz CT molecular complexity index is 3200. The van der Waals surface area contributed by atoms with Crippen molar-refractivity contribution in [1.82, 2.24) is 9.55 Å². The Morgan fingerprint density at radius 3 is 1.75 bits per heavy atom. The Hall–Kier alpha value is -6.25. The Morgan fingerprint density at radius 2 is 1.08 bits per heavy atom. The van der Waals surface area contributed by atoms with Crippen molar-refractivity contribution >= 4 is 32.6 Å². The van der Waals surface area contributed by atoms with Gasteiger partial charge in [-0.1, -0.05) is 154 Å². The van der Waals surface area contributed by atoms with Gasteiger partial charge in [-0.05, 0) is 108 Å². The number of fused-ring (bicyclic) bond motifs is 6. The van der Waals surface area contributed by atoms with E-state index in [9.17, 15) is 0 Å². The summed E-state index contributed by atoms with van der Waals surface area (Å²) in [7, 11) is 0. The third kappa shape index (κ3) is 4.54. The average Bonchev–Trinajstić information content (AvgIpc) is 3.80. The zero-order valence-corrected chi connectivity index (χ0v) is 28.0. The van der Waals surface area contributed by atoms with Gasteiger partial charge >= 0.3 is 0 Å². The summed E-state index contributed by atoms with van der Waals surface area (Å²) < 4.78 is 95.2. The van der Waals surface area contributed by atoms with E-state index in [-0.39, 0.29) is 17.0 Å². The number of benzene rings is 8. The van der Waals surface area contributed by atoms with Gasteiger partial charge in [0, 0.05) is 32.6 Å². The van der Waals surface area contributed by atoms with Gasteiger partial charge in [0.15, 0.2) is 0 Å². The van der Waals surface area contributed by atoms with Crippen LogP contribution in [0.1, 0.15) is 52.6 Å². The van der Waals surface area contributed by atoms with Crippen molar-refractivity contribution in [3.63, 3.8) is 0 Å². The lowest BCUT2D eigenvalue weighted by atomic mass is 9.80. The predicted molar refractivity (Wildman–Crippen MR) is 219 cm³/mol. The fraction of sp³-hybridized carbons (Fsp3) is 0.100. The van der Waals surface area contributed by atoms with Crippen molar-refractivity contribution in [1.29, 1.82) is 0 Å². The van der Waals surface area contributed by atoms with Crippen LogP contribution in [-0.4, -0.2) is 9.55 Å². The van der Waals surface area contributed by atoms with Gasteiger partial charge in [-0.25, -0.2) is 4.98 Å². The molecule has 0 amide bonds. The molecule has 1 aliphatic rings. The zero-order chi connectivity index (χ0) is 44.3. The number of nitrogens with zero attached hydrogens (tertiary/aromatic N) is 2. The van der Waals surface area contributed by atoms with Crippen molar-refractivity contribution in [2.24, 2.45) is 0 Å². The molecule has 0 unspecified atom stereocenters. The summed E-state index contributed by atoms with van der Waals surface area (Å²) in [5.74, 6) is -0.188. The van der Waals surface area contributed by atoms with E-state index < -0.39 is 32.3 Å². The van der Waals surface area contributed by atoms with Gasteiger partial charge in [0.05, 0.1) is 11.0 Å². The third-order valence-electron chi connectivity index (χ3n) is 10.6. The number of hydrogen-bond donors (Lipinski definition) is 0.